The minimum Gasteiger partial charge on any atom is -0.370 e. The van der Waals surface area contributed by atoms with E-state index >= 15 is 0 Å². The number of nitrogens with one attached hydrogen (secondary N) is 3. The van der Waals surface area contributed by atoms with Crippen molar-refractivity contribution in [2.24, 2.45) is 18.4 Å². The van der Waals surface area contributed by atoms with Gasteiger partial charge in [0.2, 0.25) is 11.9 Å². The molecule has 2 aliphatic rings. The first-order valence-corrected chi connectivity index (χ1v) is 17.7. The molecule has 0 bridgehead atoms. The SMILES string of the molecule is CN(c1cc2c(cc1C(=O)N[C@H]1CC[C@H](C(F)(F)F)CC1)nc(Nc1c(Cl)ccc(CNC(=O)C(C)(C)C)c1Cl)n2C)C1CCSC1. The predicted molar refractivity (Wildman–Crippen MR) is 185 cm³/mol. The quantitative estimate of drug-likeness (QED) is 0.219. The van der Waals surface area contributed by atoms with Crippen LogP contribution in [0.3, 0.4) is 0 Å². The number of hydrogen-bond acceptors (Lipinski definition) is 6. The lowest BCUT2D eigenvalue weighted by Crippen LogP contribution is -2.41. The number of amides is 2. The van der Waals surface area contributed by atoms with Crippen LogP contribution >= 0.6 is 35.0 Å². The van der Waals surface area contributed by atoms with Crippen molar-refractivity contribution in [2.45, 2.75) is 77.7 Å². The van der Waals surface area contributed by atoms with Gasteiger partial charge in [-0.15, -0.1) is 0 Å². The Kier molecular flexibility index (Phi) is 10.5. The van der Waals surface area contributed by atoms with E-state index in [1.807, 2.05) is 57.3 Å². The summed E-state index contributed by atoms with van der Waals surface area (Å²) in [5.74, 6) is 0.635. The molecule has 256 valence electrons. The number of nitrogens with zero attached hydrogens (tertiary/aromatic N) is 3. The molecule has 1 aliphatic carbocycles. The van der Waals surface area contributed by atoms with E-state index in [-0.39, 0.29) is 56.1 Å². The zero-order valence-corrected chi connectivity index (χ0v) is 29.5. The Morgan fingerprint density at radius 3 is 2.40 bits per heavy atom. The van der Waals surface area contributed by atoms with E-state index in [0.717, 1.165) is 29.1 Å². The molecule has 1 aromatic heterocycles. The van der Waals surface area contributed by atoms with Gasteiger partial charge in [-0.2, -0.15) is 24.9 Å². The molecule has 2 amide bonds. The topological polar surface area (TPSA) is 91.3 Å². The second-order valence-corrected chi connectivity index (χ2v) is 15.4. The summed E-state index contributed by atoms with van der Waals surface area (Å²) in [7, 11) is 3.82. The van der Waals surface area contributed by atoms with Gasteiger partial charge >= 0.3 is 6.18 Å². The molecule has 2 aromatic carbocycles. The minimum atomic E-state index is -4.21. The second-order valence-electron chi connectivity index (χ2n) is 13.5. The third-order valence-corrected chi connectivity index (χ3v) is 11.0. The van der Waals surface area contributed by atoms with Gasteiger partial charge in [0.15, 0.2) is 0 Å². The first-order valence-electron chi connectivity index (χ1n) is 15.8. The highest BCUT2D eigenvalue weighted by atomic mass is 35.5. The molecule has 1 aliphatic heterocycles. The number of halogens is 5. The molecular formula is C33H41Cl2F3N6O2S. The van der Waals surface area contributed by atoms with E-state index < -0.39 is 17.5 Å². The van der Waals surface area contributed by atoms with Crippen LogP contribution in [0, 0.1) is 11.3 Å². The maximum absolute atomic E-state index is 13.8. The van der Waals surface area contributed by atoms with Gasteiger partial charge in [0.25, 0.3) is 5.91 Å². The molecule has 5 rings (SSSR count). The third-order valence-electron chi connectivity index (χ3n) is 9.13. The van der Waals surface area contributed by atoms with Gasteiger partial charge in [0.05, 0.1) is 43.9 Å². The van der Waals surface area contributed by atoms with Crippen LogP contribution in [-0.4, -0.2) is 58.2 Å². The van der Waals surface area contributed by atoms with Gasteiger partial charge in [-0.1, -0.05) is 50.0 Å². The number of anilines is 3. The number of aryl methyl sites for hydroxylation is 1. The predicted octanol–water partition coefficient (Wildman–Crippen LogP) is 8.08. The summed E-state index contributed by atoms with van der Waals surface area (Å²) in [4.78, 5) is 33.1. The monoisotopic (exact) mass is 712 g/mol. The number of thioether (sulfide) groups is 1. The summed E-state index contributed by atoms with van der Waals surface area (Å²) >= 11 is 15.2. The van der Waals surface area contributed by atoms with Crippen molar-refractivity contribution in [1.82, 2.24) is 20.2 Å². The highest BCUT2D eigenvalue weighted by molar-refractivity contribution is 7.99. The summed E-state index contributed by atoms with van der Waals surface area (Å²) < 4.78 is 41.6. The number of carbonyl (C=O) groups is 2. The standard InChI is InChI=1S/C33H41Cl2F3N6O2S/c1-32(2,3)30(46)39-16-18-6-11-23(34)28(27(18)35)42-31-41-24-14-22(29(45)40-20-9-7-19(8-10-20)33(36,37)38)25(15-26(24)44(31)5)43(4)21-12-13-47-17-21/h6,11,14-15,19-21H,7-10,12-13,16-17H2,1-5H3,(H,39,46)(H,40,45)(H,41,42)/t19-,20-,21?. The van der Waals surface area contributed by atoms with Crippen molar-refractivity contribution in [3.05, 3.63) is 45.4 Å². The fourth-order valence-corrected chi connectivity index (χ4v) is 7.86. The fourth-order valence-electron chi connectivity index (χ4n) is 6.06. The van der Waals surface area contributed by atoms with Gasteiger partial charge in [0.1, 0.15) is 0 Å². The average molecular weight is 714 g/mol. The molecular weight excluding hydrogens is 672 g/mol. The van der Waals surface area contributed by atoms with Crippen LogP contribution < -0.4 is 20.9 Å². The molecule has 14 heteroatoms. The first kappa shape index (κ1) is 35.5. The Balaban J connectivity index is 1.44. The summed E-state index contributed by atoms with van der Waals surface area (Å²) in [5.41, 5.74) is 3.03. The number of fused-ring (bicyclic) bond motifs is 1. The highest BCUT2D eigenvalue weighted by Gasteiger charge is 2.41. The molecule has 1 saturated carbocycles. The van der Waals surface area contributed by atoms with Crippen molar-refractivity contribution in [3.8, 4) is 0 Å². The van der Waals surface area contributed by atoms with Crippen LogP contribution in [-0.2, 0) is 18.4 Å². The summed E-state index contributed by atoms with van der Waals surface area (Å²) in [6.07, 6.45) is -2.67. The van der Waals surface area contributed by atoms with Crippen LogP contribution in [0.2, 0.25) is 10.0 Å². The number of benzene rings is 2. The summed E-state index contributed by atoms with van der Waals surface area (Å²) in [6, 6.07) is 7.05. The number of aromatic nitrogens is 2. The second kappa shape index (κ2) is 14.0. The summed E-state index contributed by atoms with van der Waals surface area (Å²) in [5, 5.41) is 9.89. The maximum Gasteiger partial charge on any atom is 0.391 e. The van der Waals surface area contributed by atoms with Gasteiger partial charge in [0, 0.05) is 43.9 Å². The Hall–Kier alpha value is -2.83. The molecule has 1 atom stereocenters. The number of rotatable bonds is 8. The van der Waals surface area contributed by atoms with E-state index in [1.165, 1.54) is 0 Å². The first-order chi connectivity index (χ1) is 22.0. The Bertz CT molecular complexity index is 1640. The molecule has 47 heavy (non-hydrogen) atoms. The molecule has 3 N–H and O–H groups in total. The largest absolute Gasteiger partial charge is 0.391 e. The zero-order chi connectivity index (χ0) is 34.3. The number of imidazole rings is 1. The highest BCUT2D eigenvalue weighted by Crippen LogP contribution is 2.39. The van der Waals surface area contributed by atoms with Crippen LogP contribution in [0.5, 0.6) is 0 Å². The molecule has 1 saturated heterocycles. The van der Waals surface area contributed by atoms with Gasteiger partial charge in [-0.3, -0.25) is 9.59 Å². The lowest BCUT2D eigenvalue weighted by molar-refractivity contribution is -0.182. The van der Waals surface area contributed by atoms with Crippen LogP contribution in [0.15, 0.2) is 24.3 Å². The van der Waals surface area contributed by atoms with Gasteiger partial charge in [-0.05, 0) is 61.6 Å². The fraction of sp³-hybridized carbons (Fsp3) is 0.545. The zero-order valence-electron chi connectivity index (χ0n) is 27.2. The molecule has 2 heterocycles. The van der Waals surface area contributed by atoms with E-state index in [1.54, 1.807) is 18.2 Å². The summed E-state index contributed by atoms with van der Waals surface area (Å²) in [6.45, 7) is 5.71. The maximum atomic E-state index is 13.8. The smallest absolute Gasteiger partial charge is 0.370 e. The molecule has 8 nitrogen and oxygen atoms in total. The van der Waals surface area contributed by atoms with Crippen LogP contribution in [0.25, 0.3) is 11.0 Å². The molecule has 3 aromatic rings. The van der Waals surface area contributed by atoms with E-state index in [2.05, 4.69) is 20.9 Å². The molecule has 0 spiro atoms. The van der Waals surface area contributed by atoms with E-state index in [9.17, 15) is 22.8 Å². The van der Waals surface area contributed by atoms with Crippen molar-refractivity contribution in [3.63, 3.8) is 0 Å². The van der Waals surface area contributed by atoms with Crippen LogP contribution in [0.1, 0.15) is 68.8 Å². The number of carbonyl (C=O) groups excluding carboxylic acids is 2. The van der Waals surface area contributed by atoms with Gasteiger partial charge in [-0.25, -0.2) is 4.98 Å². The Labute approximate surface area is 287 Å². The molecule has 2 fully saturated rings. The van der Waals surface area contributed by atoms with Crippen molar-refractivity contribution < 1.29 is 22.8 Å². The minimum absolute atomic E-state index is 0.00406. The van der Waals surface area contributed by atoms with Crippen molar-refractivity contribution in [1.29, 1.82) is 0 Å². The normalized spacial score (nSPS) is 20.3. The average Bonchev–Trinajstić information content (AvgIpc) is 3.65. The third kappa shape index (κ3) is 7.91. The number of hydrogen-bond donors (Lipinski definition) is 3. The lowest BCUT2D eigenvalue weighted by Gasteiger charge is -2.31. The number of alkyl halides is 3. The molecule has 1 unspecified atom stereocenters. The van der Waals surface area contributed by atoms with E-state index in [0.29, 0.717) is 38.3 Å². The van der Waals surface area contributed by atoms with Crippen molar-refractivity contribution in [2.75, 3.05) is 28.8 Å². The van der Waals surface area contributed by atoms with Gasteiger partial charge < -0.3 is 25.4 Å². The van der Waals surface area contributed by atoms with E-state index in [4.69, 9.17) is 28.2 Å². The lowest BCUT2D eigenvalue weighted by atomic mass is 9.85. The molecule has 0 radical (unpaired) electrons. The Morgan fingerprint density at radius 1 is 1.09 bits per heavy atom. The van der Waals surface area contributed by atoms with Crippen LogP contribution in [0.4, 0.5) is 30.5 Å². The van der Waals surface area contributed by atoms with Crippen molar-refractivity contribution >= 4 is 75.1 Å². The Morgan fingerprint density at radius 2 is 1.79 bits per heavy atom.